The van der Waals surface area contributed by atoms with Gasteiger partial charge in [0.2, 0.25) is 0 Å². The highest BCUT2D eigenvalue weighted by molar-refractivity contribution is 6.31. The first-order valence-corrected chi connectivity index (χ1v) is 12.1. The summed E-state index contributed by atoms with van der Waals surface area (Å²) in [5.74, 6) is -1.55. The second kappa shape index (κ2) is 12.5. The van der Waals surface area contributed by atoms with Gasteiger partial charge < -0.3 is 20.1 Å². The van der Waals surface area contributed by atoms with Gasteiger partial charge in [-0.25, -0.2) is 4.39 Å². The molecule has 0 saturated heterocycles. The van der Waals surface area contributed by atoms with Crippen LogP contribution in [0.5, 0.6) is 5.75 Å². The smallest absolute Gasteiger partial charge is 0.308 e. The van der Waals surface area contributed by atoms with Gasteiger partial charge in [-0.1, -0.05) is 17.7 Å². The maximum atomic E-state index is 14.6. The van der Waals surface area contributed by atoms with E-state index < -0.39 is 11.7 Å². The standard InChI is InChI=1S/C26H30ClFN2O5/c1-3-34-26(33)17-6-8-19(9-7-17)35-20-10-11-21(23(28)15-20)25(32)30-13-12-29-24(31)18-5-4-16(2)22(27)14-18/h4-5,10-11,14-15,17,19H,3,6-9,12-13H2,1-2H3,(H,29,31)(H,30,32). The molecule has 0 radical (unpaired) electrons. The SMILES string of the molecule is CCOC(=O)C1CCC(Oc2ccc(C(=O)NCCNC(=O)c3ccc(C)c(Cl)c3)c(F)c2)CC1. The normalized spacial score (nSPS) is 17.4. The summed E-state index contributed by atoms with van der Waals surface area (Å²) in [6.45, 7) is 4.30. The number of hydrogen-bond acceptors (Lipinski definition) is 5. The predicted octanol–water partition coefficient (Wildman–Crippen LogP) is 4.45. The van der Waals surface area contributed by atoms with E-state index in [1.54, 1.807) is 31.2 Å². The van der Waals surface area contributed by atoms with E-state index >= 15 is 0 Å². The Kier molecular flexibility index (Phi) is 9.48. The summed E-state index contributed by atoms with van der Waals surface area (Å²) in [5.41, 5.74) is 1.18. The van der Waals surface area contributed by atoms with Gasteiger partial charge in [0.25, 0.3) is 11.8 Å². The van der Waals surface area contributed by atoms with Crippen molar-refractivity contribution in [3.8, 4) is 5.75 Å². The predicted molar refractivity (Wildman–Crippen MR) is 130 cm³/mol. The zero-order valence-corrected chi connectivity index (χ0v) is 20.6. The van der Waals surface area contributed by atoms with Gasteiger partial charge in [0.1, 0.15) is 11.6 Å². The number of rotatable bonds is 9. The number of ether oxygens (including phenoxy) is 2. The lowest BCUT2D eigenvalue weighted by molar-refractivity contribution is -0.149. The molecule has 35 heavy (non-hydrogen) atoms. The van der Waals surface area contributed by atoms with Crippen LogP contribution in [0.15, 0.2) is 36.4 Å². The molecule has 7 nitrogen and oxygen atoms in total. The fraction of sp³-hybridized carbons (Fsp3) is 0.423. The lowest BCUT2D eigenvalue weighted by Gasteiger charge is -2.27. The van der Waals surface area contributed by atoms with Gasteiger partial charge >= 0.3 is 5.97 Å². The molecule has 0 aliphatic heterocycles. The quantitative estimate of drug-likeness (QED) is 0.389. The minimum atomic E-state index is -0.696. The summed E-state index contributed by atoms with van der Waals surface area (Å²) in [7, 11) is 0. The summed E-state index contributed by atoms with van der Waals surface area (Å²) in [6.07, 6.45) is 2.56. The van der Waals surface area contributed by atoms with E-state index in [1.165, 1.54) is 12.1 Å². The minimum absolute atomic E-state index is 0.111. The zero-order valence-electron chi connectivity index (χ0n) is 19.9. The molecule has 1 fully saturated rings. The molecule has 0 bridgehead atoms. The first-order chi connectivity index (χ1) is 16.8. The molecule has 188 valence electrons. The summed E-state index contributed by atoms with van der Waals surface area (Å²) in [6, 6.07) is 9.12. The van der Waals surface area contributed by atoms with Crippen molar-refractivity contribution >= 4 is 29.4 Å². The molecule has 2 N–H and O–H groups in total. The van der Waals surface area contributed by atoms with Crippen LogP contribution in [0.4, 0.5) is 4.39 Å². The van der Waals surface area contributed by atoms with Gasteiger partial charge in [-0.3, -0.25) is 14.4 Å². The van der Waals surface area contributed by atoms with E-state index in [0.717, 1.165) is 5.56 Å². The number of carbonyl (C=O) groups is 3. The molecule has 2 aromatic rings. The Hall–Kier alpha value is -3.13. The fourth-order valence-electron chi connectivity index (χ4n) is 3.91. The minimum Gasteiger partial charge on any atom is -0.490 e. The summed E-state index contributed by atoms with van der Waals surface area (Å²) < 4.78 is 25.5. The average Bonchev–Trinajstić information content (AvgIpc) is 2.84. The van der Waals surface area contributed by atoms with Crippen LogP contribution in [0.3, 0.4) is 0 Å². The molecule has 1 saturated carbocycles. The number of amides is 2. The van der Waals surface area contributed by atoms with Gasteiger partial charge in [0.15, 0.2) is 0 Å². The first kappa shape index (κ1) is 26.5. The number of esters is 1. The lowest BCUT2D eigenvalue weighted by Crippen LogP contribution is -2.35. The van der Waals surface area contributed by atoms with E-state index in [-0.39, 0.29) is 42.6 Å². The number of halogens is 2. The van der Waals surface area contributed by atoms with Crippen molar-refractivity contribution < 1.29 is 28.2 Å². The molecule has 0 unspecified atom stereocenters. The molecule has 0 aromatic heterocycles. The van der Waals surface area contributed by atoms with Crippen molar-refractivity contribution in [3.63, 3.8) is 0 Å². The molecule has 1 aliphatic rings. The van der Waals surface area contributed by atoms with Crippen LogP contribution in [0.2, 0.25) is 5.02 Å². The molecule has 3 rings (SSSR count). The molecule has 0 spiro atoms. The van der Waals surface area contributed by atoms with E-state index in [2.05, 4.69) is 10.6 Å². The van der Waals surface area contributed by atoms with Crippen LogP contribution < -0.4 is 15.4 Å². The Morgan fingerprint density at radius 2 is 1.69 bits per heavy atom. The Balaban J connectivity index is 1.43. The monoisotopic (exact) mass is 504 g/mol. The van der Waals surface area contributed by atoms with Crippen LogP contribution in [0.25, 0.3) is 0 Å². The van der Waals surface area contributed by atoms with E-state index in [9.17, 15) is 18.8 Å². The van der Waals surface area contributed by atoms with Crippen molar-refractivity contribution in [2.75, 3.05) is 19.7 Å². The van der Waals surface area contributed by atoms with Crippen LogP contribution in [-0.4, -0.2) is 43.6 Å². The first-order valence-electron chi connectivity index (χ1n) is 11.7. The molecule has 1 aliphatic carbocycles. The van der Waals surface area contributed by atoms with Crippen LogP contribution in [0, 0.1) is 18.7 Å². The Morgan fingerprint density at radius 1 is 1.00 bits per heavy atom. The maximum absolute atomic E-state index is 14.6. The third-order valence-electron chi connectivity index (χ3n) is 5.91. The van der Waals surface area contributed by atoms with Crippen LogP contribution in [0.1, 0.15) is 58.9 Å². The summed E-state index contributed by atoms with van der Waals surface area (Å²) in [4.78, 5) is 36.4. The highest BCUT2D eigenvalue weighted by Crippen LogP contribution is 2.29. The van der Waals surface area contributed by atoms with Crippen LogP contribution in [-0.2, 0) is 9.53 Å². The second-order valence-corrected chi connectivity index (χ2v) is 8.87. The third-order valence-corrected chi connectivity index (χ3v) is 6.32. The topological polar surface area (TPSA) is 93.7 Å². The largest absolute Gasteiger partial charge is 0.490 e. The average molecular weight is 505 g/mol. The van der Waals surface area contributed by atoms with Gasteiger partial charge in [0, 0.05) is 29.7 Å². The van der Waals surface area contributed by atoms with E-state index in [4.69, 9.17) is 21.1 Å². The molecule has 2 amide bonds. The Labute approximate surface area is 209 Å². The Morgan fingerprint density at radius 3 is 2.31 bits per heavy atom. The van der Waals surface area contributed by atoms with E-state index in [1.807, 2.05) is 6.92 Å². The summed E-state index contributed by atoms with van der Waals surface area (Å²) in [5, 5.41) is 5.77. The molecule has 0 atom stereocenters. The lowest BCUT2D eigenvalue weighted by atomic mass is 9.87. The van der Waals surface area contributed by atoms with Gasteiger partial charge in [0.05, 0.1) is 24.2 Å². The molecule has 0 heterocycles. The van der Waals surface area contributed by atoms with Crippen molar-refractivity contribution in [3.05, 3.63) is 63.9 Å². The van der Waals surface area contributed by atoms with Gasteiger partial charge in [-0.05, 0) is 69.4 Å². The van der Waals surface area contributed by atoms with E-state index in [0.29, 0.717) is 48.6 Å². The number of hydrogen-bond donors (Lipinski definition) is 2. The highest BCUT2D eigenvalue weighted by atomic mass is 35.5. The number of carbonyl (C=O) groups excluding carboxylic acids is 3. The Bertz CT molecular complexity index is 1070. The molecule has 9 heteroatoms. The van der Waals surface area contributed by atoms with Crippen molar-refractivity contribution in [2.24, 2.45) is 5.92 Å². The van der Waals surface area contributed by atoms with Crippen molar-refractivity contribution in [2.45, 2.75) is 45.6 Å². The summed E-state index contributed by atoms with van der Waals surface area (Å²) >= 11 is 6.04. The molecule has 2 aromatic carbocycles. The van der Waals surface area contributed by atoms with Crippen LogP contribution >= 0.6 is 11.6 Å². The number of nitrogens with one attached hydrogen (secondary N) is 2. The van der Waals surface area contributed by atoms with Crippen molar-refractivity contribution in [1.82, 2.24) is 10.6 Å². The maximum Gasteiger partial charge on any atom is 0.308 e. The highest BCUT2D eigenvalue weighted by Gasteiger charge is 2.28. The number of aryl methyl sites for hydroxylation is 1. The fourth-order valence-corrected chi connectivity index (χ4v) is 4.09. The second-order valence-electron chi connectivity index (χ2n) is 8.46. The third kappa shape index (κ3) is 7.42. The van der Waals surface area contributed by atoms with Gasteiger partial charge in [-0.15, -0.1) is 0 Å². The van der Waals surface area contributed by atoms with Gasteiger partial charge in [-0.2, -0.15) is 0 Å². The zero-order chi connectivity index (χ0) is 25.4. The molecular formula is C26H30ClFN2O5. The number of benzene rings is 2. The molecular weight excluding hydrogens is 475 g/mol. The van der Waals surface area contributed by atoms with Crippen molar-refractivity contribution in [1.29, 1.82) is 0 Å².